The number of anilines is 1. The highest BCUT2D eigenvalue weighted by atomic mass is 19.4. The van der Waals surface area contributed by atoms with E-state index in [-0.39, 0.29) is 29.6 Å². The smallest absolute Gasteiger partial charge is 0.403 e. The van der Waals surface area contributed by atoms with Crippen molar-refractivity contribution in [2.45, 2.75) is 12.6 Å². The Kier molecular flexibility index (Phi) is 5.07. The van der Waals surface area contributed by atoms with Gasteiger partial charge in [-0.3, -0.25) is 20.2 Å². The fraction of sp³-hybridized carbons (Fsp3) is 0.118. The van der Waals surface area contributed by atoms with Crippen LogP contribution in [-0.2, 0) is 17.4 Å². The number of nitrogens with one attached hydrogen (secondary N) is 1. The van der Waals surface area contributed by atoms with Gasteiger partial charge in [-0.05, 0) is 29.8 Å². The lowest BCUT2D eigenvalue weighted by molar-refractivity contribution is -0.384. The first-order valence-corrected chi connectivity index (χ1v) is 7.77. The highest BCUT2D eigenvalue weighted by molar-refractivity contribution is 5.90. The molecule has 1 heterocycles. The van der Waals surface area contributed by atoms with Gasteiger partial charge in [-0.2, -0.15) is 13.2 Å². The molecule has 0 saturated heterocycles. The lowest BCUT2D eigenvalue weighted by atomic mass is 10.1. The molecule has 1 amide bonds. The molecule has 0 saturated carbocycles. The molecule has 0 fully saturated rings. The van der Waals surface area contributed by atoms with E-state index in [1.54, 1.807) is 0 Å². The van der Waals surface area contributed by atoms with Gasteiger partial charge in [-0.15, -0.1) is 5.10 Å². The van der Waals surface area contributed by atoms with Crippen LogP contribution in [0.25, 0.3) is 11.5 Å². The van der Waals surface area contributed by atoms with E-state index in [1.165, 1.54) is 36.4 Å². The summed E-state index contributed by atoms with van der Waals surface area (Å²) in [6.07, 6.45) is -4.54. The molecule has 3 rings (SSSR count). The number of carbonyl (C=O) groups is 1. The molecule has 28 heavy (non-hydrogen) atoms. The molecule has 0 bridgehead atoms. The quantitative estimate of drug-likeness (QED) is 0.522. The number of non-ortho nitro benzene ring substituents is 1. The first-order valence-electron chi connectivity index (χ1n) is 7.77. The van der Waals surface area contributed by atoms with Crippen LogP contribution in [-0.4, -0.2) is 21.0 Å². The largest absolute Gasteiger partial charge is 0.416 e. The van der Waals surface area contributed by atoms with Crippen molar-refractivity contribution >= 4 is 17.6 Å². The molecule has 0 unspecified atom stereocenters. The Morgan fingerprint density at radius 2 is 1.71 bits per heavy atom. The van der Waals surface area contributed by atoms with Crippen LogP contribution in [0, 0.1) is 10.1 Å². The zero-order valence-electron chi connectivity index (χ0n) is 13.9. The van der Waals surface area contributed by atoms with Crippen molar-refractivity contribution in [2.75, 3.05) is 5.32 Å². The molecule has 0 atom stereocenters. The van der Waals surface area contributed by atoms with E-state index in [4.69, 9.17) is 4.42 Å². The van der Waals surface area contributed by atoms with Crippen molar-refractivity contribution < 1.29 is 27.3 Å². The number of hydrogen-bond donors (Lipinski definition) is 1. The standard InChI is InChI=1S/C17H11F3N4O4/c18-17(19,20)12-5-3-11(4-6-12)15-22-23-16(28-15)21-14(25)9-10-1-7-13(8-2-10)24(26)27/h1-8H,9H2,(H,21,23,25). The average molecular weight is 392 g/mol. The Bertz CT molecular complexity index is 998. The predicted octanol–water partition coefficient (Wildman–Crippen LogP) is 3.84. The third kappa shape index (κ3) is 4.50. The fourth-order valence-electron chi connectivity index (χ4n) is 2.28. The van der Waals surface area contributed by atoms with E-state index in [9.17, 15) is 28.1 Å². The van der Waals surface area contributed by atoms with E-state index in [0.29, 0.717) is 5.56 Å². The first kappa shape index (κ1) is 19.0. The molecule has 0 aliphatic heterocycles. The first-order chi connectivity index (χ1) is 13.2. The molecular formula is C17H11F3N4O4. The SMILES string of the molecule is O=C(Cc1ccc([N+](=O)[O-])cc1)Nc1nnc(-c2ccc(C(F)(F)F)cc2)o1. The maximum Gasteiger partial charge on any atom is 0.416 e. The van der Waals surface area contributed by atoms with Crippen LogP contribution in [0.5, 0.6) is 0 Å². The molecule has 0 aliphatic rings. The van der Waals surface area contributed by atoms with Gasteiger partial charge in [0, 0.05) is 17.7 Å². The number of halogens is 3. The molecule has 0 radical (unpaired) electrons. The van der Waals surface area contributed by atoms with Crippen molar-refractivity contribution in [1.82, 2.24) is 10.2 Å². The van der Waals surface area contributed by atoms with E-state index in [0.717, 1.165) is 12.1 Å². The highest BCUT2D eigenvalue weighted by Crippen LogP contribution is 2.30. The number of hydrogen-bond acceptors (Lipinski definition) is 6. The molecule has 1 aromatic heterocycles. The van der Waals surface area contributed by atoms with Gasteiger partial charge in [0.1, 0.15) is 0 Å². The Balaban J connectivity index is 1.64. The number of nitrogens with zero attached hydrogens (tertiary/aromatic N) is 3. The van der Waals surface area contributed by atoms with Gasteiger partial charge in [0.25, 0.3) is 5.69 Å². The van der Waals surface area contributed by atoms with Gasteiger partial charge in [-0.1, -0.05) is 17.2 Å². The zero-order valence-corrected chi connectivity index (χ0v) is 13.9. The number of nitro benzene ring substituents is 1. The van der Waals surface area contributed by atoms with E-state index >= 15 is 0 Å². The predicted molar refractivity (Wildman–Crippen MR) is 90.2 cm³/mol. The Labute approximate surface area is 155 Å². The van der Waals surface area contributed by atoms with Crippen molar-refractivity contribution in [3.63, 3.8) is 0 Å². The third-order valence-electron chi connectivity index (χ3n) is 3.64. The topological polar surface area (TPSA) is 111 Å². The van der Waals surface area contributed by atoms with Crippen LogP contribution in [0.4, 0.5) is 24.9 Å². The summed E-state index contributed by atoms with van der Waals surface area (Å²) < 4.78 is 43.0. The van der Waals surface area contributed by atoms with Crippen molar-refractivity contribution in [2.24, 2.45) is 0 Å². The van der Waals surface area contributed by atoms with E-state index in [1.807, 2.05) is 0 Å². The molecule has 11 heteroatoms. The minimum absolute atomic E-state index is 0.0561. The van der Waals surface area contributed by atoms with E-state index < -0.39 is 22.6 Å². The number of aromatic nitrogens is 2. The molecule has 0 aliphatic carbocycles. The van der Waals surface area contributed by atoms with Gasteiger partial charge in [0.2, 0.25) is 11.8 Å². The summed E-state index contributed by atoms with van der Waals surface area (Å²) in [5.74, 6) is -0.559. The summed E-state index contributed by atoms with van der Waals surface area (Å²) in [5.41, 5.74) is -0.114. The summed E-state index contributed by atoms with van der Waals surface area (Å²) in [6.45, 7) is 0. The van der Waals surface area contributed by atoms with E-state index in [2.05, 4.69) is 15.5 Å². The fourth-order valence-corrected chi connectivity index (χ4v) is 2.28. The van der Waals surface area contributed by atoms with Crippen LogP contribution in [0.15, 0.2) is 52.9 Å². The van der Waals surface area contributed by atoms with Gasteiger partial charge in [-0.25, -0.2) is 0 Å². The Morgan fingerprint density at radius 1 is 1.07 bits per heavy atom. The number of nitro groups is 1. The maximum absolute atomic E-state index is 12.6. The minimum Gasteiger partial charge on any atom is -0.403 e. The van der Waals surface area contributed by atoms with Gasteiger partial charge in [0.05, 0.1) is 16.9 Å². The lowest BCUT2D eigenvalue weighted by Gasteiger charge is -2.05. The second-order valence-electron chi connectivity index (χ2n) is 5.64. The molecule has 2 aromatic carbocycles. The lowest BCUT2D eigenvalue weighted by Crippen LogP contribution is -2.14. The van der Waals surface area contributed by atoms with Crippen LogP contribution < -0.4 is 5.32 Å². The monoisotopic (exact) mass is 392 g/mol. The van der Waals surface area contributed by atoms with Crippen LogP contribution in [0.1, 0.15) is 11.1 Å². The summed E-state index contributed by atoms with van der Waals surface area (Å²) in [5, 5.41) is 20.3. The number of benzene rings is 2. The zero-order chi connectivity index (χ0) is 20.3. The summed E-state index contributed by atoms with van der Waals surface area (Å²) in [6, 6.07) is 9.34. The van der Waals surface area contributed by atoms with Crippen LogP contribution >= 0.6 is 0 Å². The molecule has 144 valence electrons. The molecular weight excluding hydrogens is 381 g/mol. The molecule has 8 nitrogen and oxygen atoms in total. The second-order valence-corrected chi connectivity index (χ2v) is 5.64. The van der Waals surface area contributed by atoms with Crippen LogP contribution in [0.2, 0.25) is 0 Å². The van der Waals surface area contributed by atoms with Gasteiger partial charge < -0.3 is 4.42 Å². The molecule has 1 N–H and O–H groups in total. The maximum atomic E-state index is 12.6. The van der Waals surface area contributed by atoms with Crippen molar-refractivity contribution in [3.8, 4) is 11.5 Å². The third-order valence-corrected chi connectivity index (χ3v) is 3.64. The number of rotatable bonds is 5. The molecule has 0 spiro atoms. The normalized spacial score (nSPS) is 11.2. The Hall–Kier alpha value is -3.76. The Morgan fingerprint density at radius 3 is 2.29 bits per heavy atom. The second kappa shape index (κ2) is 7.47. The van der Waals surface area contributed by atoms with Crippen LogP contribution in [0.3, 0.4) is 0 Å². The van der Waals surface area contributed by atoms with Gasteiger partial charge >= 0.3 is 12.2 Å². The summed E-state index contributed by atoms with van der Waals surface area (Å²) >= 11 is 0. The summed E-state index contributed by atoms with van der Waals surface area (Å²) in [7, 11) is 0. The minimum atomic E-state index is -4.45. The summed E-state index contributed by atoms with van der Waals surface area (Å²) in [4.78, 5) is 22.1. The number of carbonyl (C=O) groups excluding carboxylic acids is 1. The highest BCUT2D eigenvalue weighted by Gasteiger charge is 2.30. The average Bonchev–Trinajstić information content (AvgIpc) is 3.10. The molecule has 3 aromatic rings. The number of alkyl halides is 3. The van der Waals surface area contributed by atoms with Crippen molar-refractivity contribution in [1.29, 1.82) is 0 Å². The van der Waals surface area contributed by atoms with Crippen molar-refractivity contribution in [3.05, 3.63) is 69.8 Å². The number of amides is 1. The van der Waals surface area contributed by atoms with Gasteiger partial charge in [0.15, 0.2) is 0 Å².